The van der Waals surface area contributed by atoms with Crippen LogP contribution in [0.1, 0.15) is 28.4 Å². The van der Waals surface area contributed by atoms with Crippen molar-refractivity contribution in [1.29, 1.82) is 0 Å². The molecule has 1 atom stereocenters. The predicted molar refractivity (Wildman–Crippen MR) is 173 cm³/mol. The molecule has 10 heteroatoms. The van der Waals surface area contributed by atoms with Gasteiger partial charge in [0.05, 0.1) is 4.91 Å². The fraction of sp³-hybridized carbons (Fsp3) is 0.118. The number of benzene rings is 4. The average Bonchev–Trinajstić information content (AvgIpc) is 3.30. The number of carboxylic acids is 1. The number of thiocarbonyl (C=S) groups is 1. The van der Waals surface area contributed by atoms with Crippen molar-refractivity contribution in [2.24, 2.45) is 0 Å². The van der Waals surface area contributed by atoms with E-state index in [0.717, 1.165) is 27.8 Å². The Bertz CT molecular complexity index is 1680. The topological polar surface area (TPSA) is 105 Å². The standard InChI is InChI=1S/C34H28N2O6S2/c37-30(38)21-36-33(40)29(44-34(36)43)19-25-16-17-27(41-22-24-12-6-2-7-13-24)28(18-25)42-31(26-14-8-3-9-15-26)32(39)35-20-23-10-4-1-5-11-23/h1-19,31H,20-22H2,(H,35,39)(H,37,38). The number of carbonyl (C=O) groups excluding carboxylic acids is 2. The van der Waals surface area contributed by atoms with Crippen LogP contribution in [0.15, 0.2) is 114 Å². The van der Waals surface area contributed by atoms with Crippen LogP contribution >= 0.6 is 24.0 Å². The zero-order valence-electron chi connectivity index (χ0n) is 23.4. The number of carbonyl (C=O) groups is 3. The first-order valence-corrected chi connectivity index (χ1v) is 14.9. The maximum atomic E-state index is 13.6. The molecule has 8 nitrogen and oxygen atoms in total. The van der Waals surface area contributed by atoms with Gasteiger partial charge in [-0.2, -0.15) is 0 Å². The van der Waals surface area contributed by atoms with Crippen LogP contribution in [0.2, 0.25) is 0 Å². The summed E-state index contributed by atoms with van der Waals surface area (Å²) in [4.78, 5) is 39.0. The van der Waals surface area contributed by atoms with Gasteiger partial charge in [0.15, 0.2) is 11.5 Å². The summed E-state index contributed by atoms with van der Waals surface area (Å²) in [5.41, 5.74) is 3.12. The Kier molecular flexibility index (Phi) is 10.1. The van der Waals surface area contributed by atoms with Crippen molar-refractivity contribution in [1.82, 2.24) is 10.2 Å². The molecular weight excluding hydrogens is 597 g/mol. The van der Waals surface area contributed by atoms with Crippen LogP contribution in [0.5, 0.6) is 11.5 Å². The lowest BCUT2D eigenvalue weighted by molar-refractivity contribution is -0.140. The summed E-state index contributed by atoms with van der Waals surface area (Å²) >= 11 is 6.26. The predicted octanol–water partition coefficient (Wildman–Crippen LogP) is 5.99. The number of nitrogens with one attached hydrogen (secondary N) is 1. The van der Waals surface area contributed by atoms with Crippen molar-refractivity contribution < 1.29 is 29.0 Å². The number of amides is 2. The number of thioether (sulfide) groups is 1. The first-order valence-electron chi connectivity index (χ1n) is 13.7. The van der Waals surface area contributed by atoms with E-state index in [1.807, 2.05) is 91.0 Å². The second-order valence-corrected chi connectivity index (χ2v) is 11.4. The Morgan fingerprint density at radius 2 is 1.52 bits per heavy atom. The summed E-state index contributed by atoms with van der Waals surface area (Å²) in [6.07, 6.45) is 0.602. The molecule has 0 radical (unpaired) electrons. The summed E-state index contributed by atoms with van der Waals surface area (Å²) in [5.74, 6) is -1.29. The first-order chi connectivity index (χ1) is 21.4. The lowest BCUT2D eigenvalue weighted by Gasteiger charge is -2.21. The van der Waals surface area contributed by atoms with Crippen molar-refractivity contribution in [3.8, 4) is 11.5 Å². The van der Waals surface area contributed by atoms with E-state index in [9.17, 15) is 14.4 Å². The fourth-order valence-electron chi connectivity index (χ4n) is 4.39. The zero-order chi connectivity index (χ0) is 30.9. The van der Waals surface area contributed by atoms with Crippen molar-refractivity contribution in [3.63, 3.8) is 0 Å². The minimum Gasteiger partial charge on any atom is -0.485 e. The summed E-state index contributed by atoms with van der Waals surface area (Å²) in [6.45, 7) is 0.0715. The van der Waals surface area contributed by atoms with E-state index >= 15 is 0 Å². The van der Waals surface area contributed by atoms with Crippen molar-refractivity contribution in [2.45, 2.75) is 19.3 Å². The third-order valence-corrected chi connectivity index (χ3v) is 7.94. The molecule has 4 aromatic rings. The Hall–Kier alpha value is -4.93. The molecule has 2 N–H and O–H groups in total. The minimum atomic E-state index is -1.16. The van der Waals surface area contributed by atoms with Gasteiger partial charge < -0.3 is 19.9 Å². The van der Waals surface area contributed by atoms with Gasteiger partial charge >= 0.3 is 5.97 Å². The molecule has 1 aliphatic heterocycles. The fourth-order valence-corrected chi connectivity index (χ4v) is 5.64. The van der Waals surface area contributed by atoms with Gasteiger partial charge in [-0.15, -0.1) is 0 Å². The summed E-state index contributed by atoms with van der Waals surface area (Å²) in [5, 5.41) is 12.1. The van der Waals surface area contributed by atoms with Gasteiger partial charge in [0.2, 0.25) is 6.10 Å². The Morgan fingerprint density at radius 1 is 0.886 bits per heavy atom. The Balaban J connectivity index is 1.46. The molecule has 0 spiro atoms. The van der Waals surface area contributed by atoms with E-state index in [-0.39, 0.29) is 21.7 Å². The highest BCUT2D eigenvalue weighted by molar-refractivity contribution is 8.26. The molecule has 0 saturated carbocycles. The van der Waals surface area contributed by atoms with Gasteiger partial charge in [-0.1, -0.05) is 121 Å². The van der Waals surface area contributed by atoms with Gasteiger partial charge in [0.25, 0.3) is 11.8 Å². The zero-order valence-corrected chi connectivity index (χ0v) is 25.1. The Labute approximate surface area is 264 Å². The Morgan fingerprint density at radius 3 is 2.18 bits per heavy atom. The average molecular weight is 625 g/mol. The van der Waals surface area contributed by atoms with Crippen LogP contribution in [0.4, 0.5) is 0 Å². The molecule has 0 aliphatic carbocycles. The smallest absolute Gasteiger partial charge is 0.323 e. The van der Waals surface area contributed by atoms with Crippen LogP contribution < -0.4 is 14.8 Å². The number of nitrogens with zero attached hydrogens (tertiary/aromatic N) is 1. The number of carboxylic acid groups (broad SMARTS) is 1. The van der Waals surface area contributed by atoms with Crippen LogP contribution in [-0.4, -0.2) is 38.7 Å². The van der Waals surface area contributed by atoms with Gasteiger partial charge in [-0.25, -0.2) is 0 Å². The number of rotatable bonds is 12. The monoisotopic (exact) mass is 624 g/mol. The van der Waals surface area contributed by atoms with Gasteiger partial charge in [-0.3, -0.25) is 19.3 Å². The number of hydrogen-bond donors (Lipinski definition) is 2. The summed E-state index contributed by atoms with van der Waals surface area (Å²) in [7, 11) is 0. The molecule has 222 valence electrons. The van der Waals surface area contributed by atoms with E-state index < -0.39 is 24.5 Å². The van der Waals surface area contributed by atoms with Crippen molar-refractivity contribution in [2.75, 3.05) is 6.54 Å². The largest absolute Gasteiger partial charge is 0.485 e. The second-order valence-electron chi connectivity index (χ2n) is 9.75. The van der Waals surface area contributed by atoms with Crippen LogP contribution in [0, 0.1) is 0 Å². The third kappa shape index (κ3) is 7.91. The summed E-state index contributed by atoms with van der Waals surface area (Å²) < 4.78 is 12.7. The number of hydrogen-bond acceptors (Lipinski definition) is 7. The molecule has 2 amide bonds. The molecule has 5 rings (SSSR count). The molecule has 1 aliphatic rings. The molecule has 4 aromatic carbocycles. The van der Waals surface area contributed by atoms with Gasteiger partial charge in [0, 0.05) is 12.1 Å². The van der Waals surface area contributed by atoms with E-state index in [2.05, 4.69) is 5.32 Å². The maximum Gasteiger partial charge on any atom is 0.323 e. The van der Waals surface area contributed by atoms with E-state index in [1.54, 1.807) is 24.3 Å². The summed E-state index contributed by atoms with van der Waals surface area (Å²) in [6, 6.07) is 33.5. The molecule has 1 heterocycles. The highest BCUT2D eigenvalue weighted by atomic mass is 32.2. The van der Waals surface area contributed by atoms with E-state index in [4.69, 9.17) is 26.8 Å². The molecule has 1 fully saturated rings. The van der Waals surface area contributed by atoms with Gasteiger partial charge in [0.1, 0.15) is 17.5 Å². The molecule has 0 bridgehead atoms. The number of aliphatic carboxylic acids is 1. The van der Waals surface area contributed by atoms with Crippen molar-refractivity contribution >= 4 is 52.2 Å². The lowest BCUT2D eigenvalue weighted by atomic mass is 10.1. The van der Waals surface area contributed by atoms with E-state index in [0.29, 0.717) is 29.2 Å². The second kappa shape index (κ2) is 14.5. The molecule has 0 aromatic heterocycles. The van der Waals surface area contributed by atoms with Gasteiger partial charge in [-0.05, 0) is 34.9 Å². The van der Waals surface area contributed by atoms with Crippen LogP contribution in [-0.2, 0) is 27.5 Å². The molecule has 44 heavy (non-hydrogen) atoms. The normalized spacial score (nSPS) is 14.4. The SMILES string of the molecule is O=C(O)CN1C(=O)C(=Cc2ccc(OCc3ccccc3)c(OC(C(=O)NCc3ccccc3)c3ccccc3)c2)SC1=S. The molecule has 1 saturated heterocycles. The van der Waals surface area contributed by atoms with Crippen molar-refractivity contribution in [3.05, 3.63) is 136 Å². The maximum absolute atomic E-state index is 13.6. The first kappa shape index (κ1) is 30.5. The molecule has 1 unspecified atom stereocenters. The van der Waals surface area contributed by atoms with E-state index in [1.165, 1.54) is 0 Å². The van der Waals surface area contributed by atoms with Crippen LogP contribution in [0.25, 0.3) is 6.08 Å². The highest BCUT2D eigenvalue weighted by Gasteiger charge is 2.33. The molecular formula is C34H28N2O6S2. The lowest BCUT2D eigenvalue weighted by Crippen LogP contribution is -2.33. The highest BCUT2D eigenvalue weighted by Crippen LogP contribution is 2.37. The van der Waals surface area contributed by atoms with Crippen LogP contribution in [0.3, 0.4) is 0 Å². The third-order valence-electron chi connectivity index (χ3n) is 6.56. The quantitative estimate of drug-likeness (QED) is 0.146. The number of ether oxygens (including phenoxy) is 2. The minimum absolute atomic E-state index is 0.169.